The molecule has 9 heteroatoms. The summed E-state index contributed by atoms with van der Waals surface area (Å²) < 4.78 is 27.9. The lowest BCUT2D eigenvalue weighted by molar-refractivity contribution is 0.260. The molecule has 0 amide bonds. The van der Waals surface area contributed by atoms with Gasteiger partial charge in [-0.05, 0) is 108 Å². The molecule has 0 unspecified atom stereocenters. The predicted octanol–water partition coefficient (Wildman–Crippen LogP) is 27.0. The summed E-state index contributed by atoms with van der Waals surface area (Å²) in [4.78, 5) is 7.61. The first-order valence-electron chi connectivity index (χ1n) is 34.0. The molecule has 0 saturated carbocycles. The van der Waals surface area contributed by atoms with Crippen molar-refractivity contribution in [3.8, 4) is 63.0 Å². The van der Waals surface area contributed by atoms with Gasteiger partial charge in [0, 0.05) is 38.7 Å². The average molecular weight is 1230 g/mol. The van der Waals surface area contributed by atoms with Gasteiger partial charge in [0.1, 0.15) is 11.0 Å². The molecule has 9 rings (SSSR count). The SMILES string of the molecule is CCCCCCCCCCCCc1c2cc(-c3ccc(-c4c(OCCCCCCCC)c(OCCCCCCCC)c(-c5ccc(-c6ccccc6)s5)c5nsnc45)s3)sc2c(CCCCCCCCCCCC)c2cc(-c3ccccc3)sc12. The zero-order chi connectivity index (χ0) is 58.7. The molecule has 9 aromatic rings. The molecule has 5 heterocycles. The molecular weight excluding hydrogens is 1130 g/mol. The number of unbranched alkanes of at least 4 members (excludes halogenated alkanes) is 28. The molecule has 456 valence electrons. The number of aryl methyl sites for hydroxylation is 2. The van der Waals surface area contributed by atoms with Crippen LogP contribution in [0.4, 0.5) is 0 Å². The topological polar surface area (TPSA) is 44.2 Å². The van der Waals surface area contributed by atoms with Crippen LogP contribution in [0, 0.1) is 0 Å². The molecule has 0 spiro atoms. The molecule has 0 aliphatic heterocycles. The normalized spacial score (nSPS) is 11.8. The fourth-order valence-corrected chi connectivity index (χ4v) is 17.8. The van der Waals surface area contributed by atoms with Crippen molar-refractivity contribution >= 4 is 88.3 Å². The highest BCUT2D eigenvalue weighted by Crippen LogP contribution is 2.55. The van der Waals surface area contributed by atoms with E-state index in [4.69, 9.17) is 18.2 Å². The van der Waals surface area contributed by atoms with Crippen LogP contribution >= 0.6 is 57.1 Å². The second-order valence-electron chi connectivity index (χ2n) is 24.2. The Bertz CT molecular complexity index is 3240. The first-order chi connectivity index (χ1) is 42.1. The number of benzene rings is 4. The van der Waals surface area contributed by atoms with Crippen LogP contribution in [0.25, 0.3) is 82.7 Å². The van der Waals surface area contributed by atoms with Crippen LogP contribution in [0.1, 0.15) is 244 Å². The summed E-state index contributed by atoms with van der Waals surface area (Å²) in [7, 11) is 0. The summed E-state index contributed by atoms with van der Waals surface area (Å²) in [6.07, 6.45) is 43.7. The molecule has 0 atom stereocenters. The van der Waals surface area contributed by atoms with E-state index >= 15 is 0 Å². The van der Waals surface area contributed by atoms with Gasteiger partial charge in [-0.2, -0.15) is 8.75 Å². The van der Waals surface area contributed by atoms with Crippen molar-refractivity contribution in [3.63, 3.8) is 0 Å². The molecule has 0 N–H and O–H groups in total. The van der Waals surface area contributed by atoms with E-state index in [0.717, 1.165) is 77.1 Å². The van der Waals surface area contributed by atoms with Crippen molar-refractivity contribution in [2.75, 3.05) is 13.2 Å². The number of ether oxygens (including phenoxy) is 2. The van der Waals surface area contributed by atoms with Crippen molar-refractivity contribution in [2.45, 2.75) is 246 Å². The van der Waals surface area contributed by atoms with E-state index in [0.29, 0.717) is 13.2 Å². The van der Waals surface area contributed by atoms with Crippen molar-refractivity contribution < 1.29 is 9.47 Å². The van der Waals surface area contributed by atoms with Gasteiger partial charge < -0.3 is 9.47 Å². The number of hydrogen-bond donors (Lipinski definition) is 0. The van der Waals surface area contributed by atoms with E-state index in [-0.39, 0.29) is 0 Å². The number of rotatable bonds is 43. The second kappa shape index (κ2) is 36.2. The highest BCUT2D eigenvalue weighted by molar-refractivity contribution is 7.27. The highest BCUT2D eigenvalue weighted by atomic mass is 32.1. The van der Waals surface area contributed by atoms with Gasteiger partial charge in [-0.3, -0.25) is 0 Å². The van der Waals surface area contributed by atoms with Gasteiger partial charge in [-0.15, -0.1) is 45.3 Å². The Morgan fingerprint density at radius 2 is 0.659 bits per heavy atom. The number of nitrogens with zero attached hydrogens (tertiary/aromatic N) is 2. The monoisotopic (exact) mass is 1230 g/mol. The maximum atomic E-state index is 7.24. The molecule has 85 heavy (non-hydrogen) atoms. The molecule has 0 aliphatic carbocycles. The Morgan fingerprint density at radius 1 is 0.318 bits per heavy atom. The Hall–Kier alpha value is -4.38. The van der Waals surface area contributed by atoms with Crippen molar-refractivity contribution in [2.24, 2.45) is 0 Å². The van der Waals surface area contributed by atoms with Gasteiger partial charge in [0.2, 0.25) is 0 Å². The molecule has 4 nitrogen and oxygen atoms in total. The summed E-state index contributed by atoms with van der Waals surface area (Å²) in [5.74, 6) is 1.66. The van der Waals surface area contributed by atoms with Gasteiger partial charge in [-0.1, -0.05) is 268 Å². The molecule has 0 saturated heterocycles. The summed E-state index contributed by atoms with van der Waals surface area (Å²) in [5, 5.41) is 3.01. The lowest BCUT2D eigenvalue weighted by Crippen LogP contribution is -2.06. The Labute approximate surface area is 533 Å². The smallest absolute Gasteiger partial charge is 0.172 e. The Balaban J connectivity index is 1.10. The number of hydrogen-bond acceptors (Lipinski definition) is 9. The number of fused-ring (bicyclic) bond motifs is 3. The standard InChI is InChI=1S/C76H100N2O2S5/c1-5-9-13-17-21-23-25-27-29-39-47-59-61-55-67(58-45-37-34-38-46-58)83-75(61)60(48-40-30-28-26-24-22-18-14-10-6-2)62-56-68(84-76(59)62)64-50-52-66(82-64)70-72-71(77-85-78-72)69(65-51-49-63(81-65)57-43-35-33-36-44-57)73(79-53-41-31-19-15-11-7-3)74(70)80-54-42-32-20-16-12-8-4/h33-38,43-46,49-52,55-56H,5-32,39-42,47-48,53-54H2,1-4H3. The van der Waals surface area contributed by atoms with Crippen molar-refractivity contribution in [1.29, 1.82) is 0 Å². The van der Waals surface area contributed by atoms with Crippen LogP contribution in [0.2, 0.25) is 0 Å². The molecular formula is C76H100N2O2S5. The fraction of sp³-hybridized carbons (Fsp3) is 0.526. The quantitative estimate of drug-likeness (QED) is 0.0357. The van der Waals surface area contributed by atoms with Crippen molar-refractivity contribution in [3.05, 3.63) is 108 Å². The van der Waals surface area contributed by atoms with Crippen LogP contribution < -0.4 is 9.47 Å². The third kappa shape index (κ3) is 18.4. The van der Waals surface area contributed by atoms with Gasteiger partial charge in [0.15, 0.2) is 11.5 Å². The van der Waals surface area contributed by atoms with Crippen LogP contribution in [-0.2, 0) is 12.8 Å². The van der Waals surface area contributed by atoms with Crippen LogP contribution in [-0.4, -0.2) is 22.0 Å². The summed E-state index contributed by atoms with van der Waals surface area (Å²) in [5.41, 5.74) is 9.59. The molecule has 0 fully saturated rings. The fourth-order valence-electron chi connectivity index (χ4n) is 12.5. The molecule has 5 aromatic heterocycles. The van der Waals surface area contributed by atoms with E-state index in [9.17, 15) is 0 Å². The molecule has 0 bridgehead atoms. The van der Waals surface area contributed by atoms with Crippen LogP contribution in [0.15, 0.2) is 97.1 Å². The zero-order valence-corrected chi connectivity index (χ0v) is 56.5. The van der Waals surface area contributed by atoms with Gasteiger partial charge in [-0.25, -0.2) is 0 Å². The zero-order valence-electron chi connectivity index (χ0n) is 52.4. The largest absolute Gasteiger partial charge is 0.489 e. The third-order valence-corrected chi connectivity index (χ3v) is 22.8. The van der Waals surface area contributed by atoms with E-state index < -0.39 is 0 Å². The number of aromatic nitrogens is 2. The Kier molecular flexibility index (Phi) is 27.7. The first kappa shape index (κ1) is 65.1. The van der Waals surface area contributed by atoms with Crippen LogP contribution in [0.3, 0.4) is 0 Å². The van der Waals surface area contributed by atoms with E-state index in [1.807, 2.05) is 22.7 Å². The van der Waals surface area contributed by atoms with E-state index in [2.05, 4.69) is 147 Å². The van der Waals surface area contributed by atoms with Gasteiger partial charge >= 0.3 is 0 Å². The number of thiophene rings is 4. The van der Waals surface area contributed by atoms with Gasteiger partial charge in [0.25, 0.3) is 0 Å². The maximum Gasteiger partial charge on any atom is 0.172 e. The molecule has 4 aromatic carbocycles. The minimum absolute atomic E-state index is 0.635. The second-order valence-corrected chi connectivity index (χ2v) is 29.0. The van der Waals surface area contributed by atoms with Crippen LogP contribution in [0.5, 0.6) is 11.5 Å². The first-order valence-corrected chi connectivity index (χ1v) is 38.0. The lowest BCUT2D eigenvalue weighted by atomic mass is 9.94. The molecule has 0 radical (unpaired) electrons. The molecule has 0 aliphatic rings. The summed E-state index contributed by atoms with van der Waals surface area (Å²) in [6.45, 7) is 10.5. The van der Waals surface area contributed by atoms with E-state index in [1.54, 1.807) is 11.1 Å². The van der Waals surface area contributed by atoms with Crippen molar-refractivity contribution in [1.82, 2.24) is 8.75 Å². The minimum Gasteiger partial charge on any atom is -0.489 e. The summed E-state index contributed by atoms with van der Waals surface area (Å²) >= 11 is 9.12. The average Bonchev–Trinajstić information content (AvgIpc) is 2.50. The predicted molar refractivity (Wildman–Crippen MR) is 380 cm³/mol. The van der Waals surface area contributed by atoms with E-state index in [1.165, 1.54) is 247 Å². The Morgan fingerprint density at radius 3 is 1.09 bits per heavy atom. The minimum atomic E-state index is 0.635. The maximum absolute atomic E-state index is 7.24. The third-order valence-electron chi connectivity index (χ3n) is 17.4. The highest BCUT2D eigenvalue weighted by Gasteiger charge is 2.30. The summed E-state index contributed by atoms with van der Waals surface area (Å²) in [6, 6.07) is 36.4. The van der Waals surface area contributed by atoms with Gasteiger partial charge in [0.05, 0.1) is 36.1 Å². The lowest BCUT2D eigenvalue weighted by Gasteiger charge is -2.20.